The van der Waals surface area contributed by atoms with Gasteiger partial charge in [-0.2, -0.15) is 4.98 Å². The molecule has 1 saturated carbocycles. The molecule has 6 heteroatoms. The van der Waals surface area contributed by atoms with Gasteiger partial charge >= 0.3 is 0 Å². The number of rotatable bonds is 3. The summed E-state index contributed by atoms with van der Waals surface area (Å²) in [6.45, 7) is 0. The summed E-state index contributed by atoms with van der Waals surface area (Å²) in [5.41, 5.74) is 0.640. The van der Waals surface area contributed by atoms with Crippen LogP contribution in [0.15, 0.2) is 28.8 Å². The number of nitro benzene ring substituents is 1. The van der Waals surface area contributed by atoms with E-state index in [1.54, 1.807) is 12.1 Å². The minimum absolute atomic E-state index is 0.0301. The molecular weight excluding hydrogens is 234 g/mol. The van der Waals surface area contributed by atoms with Crippen molar-refractivity contribution >= 4 is 5.69 Å². The van der Waals surface area contributed by atoms with Gasteiger partial charge in [-0.1, -0.05) is 23.7 Å². The van der Waals surface area contributed by atoms with E-state index in [9.17, 15) is 10.1 Å². The van der Waals surface area contributed by atoms with Crippen LogP contribution in [0.2, 0.25) is 0 Å². The molecule has 1 aromatic carbocycles. The highest BCUT2D eigenvalue weighted by Gasteiger charge is 2.25. The van der Waals surface area contributed by atoms with E-state index >= 15 is 0 Å². The molecule has 92 valence electrons. The average Bonchev–Trinajstić information content (AvgIpc) is 2.76. The van der Waals surface area contributed by atoms with Gasteiger partial charge < -0.3 is 4.52 Å². The molecule has 1 aromatic heterocycles. The van der Waals surface area contributed by atoms with Gasteiger partial charge in [-0.25, -0.2) is 0 Å². The van der Waals surface area contributed by atoms with Crippen molar-refractivity contribution in [2.75, 3.05) is 0 Å². The summed E-state index contributed by atoms with van der Waals surface area (Å²) in [7, 11) is 0. The SMILES string of the molecule is O=[N+]([O-])c1cccc(-c2noc(C3CCC3)n2)c1. The maximum Gasteiger partial charge on any atom is 0.270 e. The molecule has 0 saturated heterocycles. The van der Waals surface area contributed by atoms with Gasteiger partial charge in [0.1, 0.15) is 0 Å². The molecule has 3 rings (SSSR count). The molecule has 1 heterocycles. The topological polar surface area (TPSA) is 82.1 Å². The van der Waals surface area contributed by atoms with Crippen LogP contribution in [0.5, 0.6) is 0 Å². The Morgan fingerprint density at radius 1 is 1.39 bits per heavy atom. The number of benzene rings is 1. The van der Waals surface area contributed by atoms with Crippen LogP contribution in [0.4, 0.5) is 5.69 Å². The van der Waals surface area contributed by atoms with E-state index in [0.717, 1.165) is 12.8 Å². The zero-order valence-electron chi connectivity index (χ0n) is 9.57. The molecule has 6 nitrogen and oxygen atoms in total. The third kappa shape index (κ3) is 1.85. The summed E-state index contributed by atoms with van der Waals surface area (Å²) in [5.74, 6) is 1.42. The zero-order valence-corrected chi connectivity index (χ0v) is 9.57. The zero-order chi connectivity index (χ0) is 12.5. The van der Waals surface area contributed by atoms with E-state index in [-0.39, 0.29) is 5.69 Å². The van der Waals surface area contributed by atoms with Crippen LogP contribution >= 0.6 is 0 Å². The summed E-state index contributed by atoms with van der Waals surface area (Å²) in [5, 5.41) is 14.6. The van der Waals surface area contributed by atoms with E-state index < -0.39 is 4.92 Å². The lowest BCUT2D eigenvalue weighted by Crippen LogP contribution is -2.08. The third-order valence-corrected chi connectivity index (χ3v) is 3.21. The number of aromatic nitrogens is 2. The van der Waals surface area contributed by atoms with E-state index in [2.05, 4.69) is 10.1 Å². The second-order valence-electron chi connectivity index (χ2n) is 4.39. The van der Waals surface area contributed by atoms with Gasteiger partial charge in [0.25, 0.3) is 5.69 Å². The molecule has 0 unspecified atom stereocenters. The lowest BCUT2D eigenvalue weighted by Gasteiger charge is -2.20. The van der Waals surface area contributed by atoms with Crippen LogP contribution in [0.1, 0.15) is 31.1 Å². The van der Waals surface area contributed by atoms with E-state index in [0.29, 0.717) is 23.2 Å². The van der Waals surface area contributed by atoms with Crippen molar-refractivity contribution in [1.29, 1.82) is 0 Å². The number of hydrogen-bond acceptors (Lipinski definition) is 5. The summed E-state index contributed by atoms with van der Waals surface area (Å²) in [4.78, 5) is 14.6. The van der Waals surface area contributed by atoms with Gasteiger partial charge in [0, 0.05) is 23.6 Å². The molecule has 0 aliphatic heterocycles. The normalized spacial score (nSPS) is 15.3. The van der Waals surface area contributed by atoms with Gasteiger partial charge in [0.05, 0.1) is 4.92 Å². The van der Waals surface area contributed by atoms with Crippen molar-refractivity contribution in [3.05, 3.63) is 40.3 Å². The van der Waals surface area contributed by atoms with Crippen molar-refractivity contribution in [3.63, 3.8) is 0 Å². The Kier molecular flexibility index (Phi) is 2.55. The Morgan fingerprint density at radius 2 is 2.22 bits per heavy atom. The highest BCUT2D eigenvalue weighted by atomic mass is 16.6. The standard InChI is InChI=1S/C12H11N3O3/c16-15(17)10-6-2-5-9(7-10)11-13-12(18-14-11)8-3-1-4-8/h2,5-8H,1,3-4H2. The van der Waals surface area contributed by atoms with Gasteiger partial charge in [-0.15, -0.1) is 0 Å². The molecule has 2 aromatic rings. The van der Waals surface area contributed by atoms with Crippen LogP contribution in [0.25, 0.3) is 11.4 Å². The van der Waals surface area contributed by atoms with E-state index in [1.165, 1.54) is 18.6 Å². The monoisotopic (exact) mass is 245 g/mol. The quantitative estimate of drug-likeness (QED) is 0.613. The fourth-order valence-electron chi connectivity index (χ4n) is 1.93. The van der Waals surface area contributed by atoms with E-state index in [1.807, 2.05) is 0 Å². The van der Waals surface area contributed by atoms with Crippen molar-refractivity contribution in [3.8, 4) is 11.4 Å². The Hall–Kier alpha value is -2.24. The maximum absolute atomic E-state index is 10.7. The average molecular weight is 245 g/mol. The summed E-state index contributed by atoms with van der Waals surface area (Å²) < 4.78 is 5.19. The molecule has 0 atom stereocenters. The number of nitrogens with zero attached hydrogens (tertiary/aromatic N) is 3. The lowest BCUT2D eigenvalue weighted by atomic mass is 9.85. The molecule has 0 N–H and O–H groups in total. The number of hydrogen-bond donors (Lipinski definition) is 0. The van der Waals surface area contributed by atoms with Crippen LogP contribution < -0.4 is 0 Å². The fourth-order valence-corrected chi connectivity index (χ4v) is 1.93. The first-order valence-electron chi connectivity index (χ1n) is 5.82. The highest BCUT2D eigenvalue weighted by molar-refractivity contribution is 5.58. The summed E-state index contributed by atoms with van der Waals surface area (Å²) in [6.07, 6.45) is 3.35. The maximum atomic E-state index is 10.7. The van der Waals surface area contributed by atoms with Crippen molar-refractivity contribution in [1.82, 2.24) is 10.1 Å². The molecule has 1 fully saturated rings. The minimum atomic E-state index is -0.434. The van der Waals surface area contributed by atoms with Crippen LogP contribution in [0, 0.1) is 10.1 Å². The summed E-state index contributed by atoms with van der Waals surface area (Å²) in [6, 6.07) is 6.25. The van der Waals surface area contributed by atoms with Crippen LogP contribution in [0.3, 0.4) is 0 Å². The molecule has 18 heavy (non-hydrogen) atoms. The van der Waals surface area contributed by atoms with Gasteiger partial charge in [-0.05, 0) is 12.8 Å². The molecule has 1 aliphatic carbocycles. The molecule has 0 amide bonds. The van der Waals surface area contributed by atoms with Gasteiger partial charge in [0.15, 0.2) is 0 Å². The van der Waals surface area contributed by atoms with Crippen LogP contribution in [-0.2, 0) is 0 Å². The Morgan fingerprint density at radius 3 is 2.89 bits per heavy atom. The molecule has 0 spiro atoms. The molecule has 1 aliphatic rings. The number of non-ortho nitro benzene ring substituents is 1. The second-order valence-corrected chi connectivity index (χ2v) is 4.39. The molecule has 0 radical (unpaired) electrons. The smallest absolute Gasteiger partial charge is 0.270 e. The first kappa shape index (κ1) is 10.9. The predicted molar refractivity (Wildman–Crippen MR) is 63.0 cm³/mol. The van der Waals surface area contributed by atoms with Gasteiger partial charge in [0.2, 0.25) is 11.7 Å². The fraction of sp³-hybridized carbons (Fsp3) is 0.333. The predicted octanol–water partition coefficient (Wildman–Crippen LogP) is 2.91. The Labute approximate surface area is 103 Å². The largest absolute Gasteiger partial charge is 0.339 e. The molecule has 0 bridgehead atoms. The van der Waals surface area contributed by atoms with Crippen molar-refractivity contribution in [2.45, 2.75) is 25.2 Å². The van der Waals surface area contributed by atoms with Gasteiger partial charge in [-0.3, -0.25) is 10.1 Å². The van der Waals surface area contributed by atoms with Crippen LogP contribution in [-0.4, -0.2) is 15.1 Å². The second kappa shape index (κ2) is 4.21. The molecular formula is C12H11N3O3. The van der Waals surface area contributed by atoms with Crippen molar-refractivity contribution in [2.24, 2.45) is 0 Å². The number of nitro groups is 1. The summed E-state index contributed by atoms with van der Waals surface area (Å²) >= 11 is 0. The Balaban J connectivity index is 1.91. The highest BCUT2D eigenvalue weighted by Crippen LogP contribution is 2.36. The Bertz CT molecular complexity index is 590. The van der Waals surface area contributed by atoms with E-state index in [4.69, 9.17) is 4.52 Å². The minimum Gasteiger partial charge on any atom is -0.339 e. The lowest BCUT2D eigenvalue weighted by molar-refractivity contribution is -0.384. The third-order valence-electron chi connectivity index (χ3n) is 3.21. The first-order chi connectivity index (χ1) is 8.74. The first-order valence-corrected chi connectivity index (χ1v) is 5.82. The van der Waals surface area contributed by atoms with Crippen molar-refractivity contribution < 1.29 is 9.45 Å².